The Kier molecular flexibility index (Phi) is 5.95. The van der Waals surface area contributed by atoms with E-state index in [1.165, 1.54) is 41.5 Å². The van der Waals surface area contributed by atoms with Crippen molar-refractivity contribution in [1.29, 1.82) is 0 Å². The van der Waals surface area contributed by atoms with Gasteiger partial charge in [-0.2, -0.15) is 4.31 Å². The lowest BCUT2D eigenvalue weighted by Crippen LogP contribution is -2.44. The Bertz CT molecular complexity index is 1570. The van der Waals surface area contributed by atoms with Gasteiger partial charge < -0.3 is 0 Å². The summed E-state index contributed by atoms with van der Waals surface area (Å²) in [5.74, 6) is 0.0887. The zero-order valence-electron chi connectivity index (χ0n) is 22.0. The van der Waals surface area contributed by atoms with Crippen molar-refractivity contribution >= 4 is 33.2 Å². The molecule has 200 valence electrons. The van der Waals surface area contributed by atoms with E-state index in [1.807, 2.05) is 43.3 Å². The number of hydrogen-bond acceptors (Lipinski definition) is 2. The van der Waals surface area contributed by atoms with Gasteiger partial charge in [-0.15, -0.1) is 0 Å². The van der Waals surface area contributed by atoms with Gasteiger partial charge in [-0.05, 0) is 91.3 Å². The fourth-order valence-electron chi connectivity index (χ4n) is 7.95. The summed E-state index contributed by atoms with van der Waals surface area (Å²) in [5, 5.41) is 1.40. The van der Waals surface area contributed by atoms with E-state index in [9.17, 15) is 8.42 Å². The molecule has 1 saturated heterocycles. The first kappa shape index (κ1) is 25.6. The van der Waals surface area contributed by atoms with Gasteiger partial charge in [-0.3, -0.25) is 0 Å². The predicted molar refractivity (Wildman–Crippen MR) is 158 cm³/mol. The van der Waals surface area contributed by atoms with Crippen molar-refractivity contribution in [2.75, 3.05) is 13.1 Å². The summed E-state index contributed by atoms with van der Waals surface area (Å²) in [7, 11) is -3.65. The van der Waals surface area contributed by atoms with Crippen LogP contribution in [0.15, 0.2) is 100 Å². The van der Waals surface area contributed by atoms with Gasteiger partial charge in [0.15, 0.2) is 0 Å². The van der Waals surface area contributed by atoms with Crippen LogP contribution in [0.4, 0.5) is 0 Å². The van der Waals surface area contributed by atoms with Crippen LogP contribution in [0.25, 0.3) is 0 Å². The van der Waals surface area contributed by atoms with Gasteiger partial charge in [0, 0.05) is 39.9 Å². The van der Waals surface area contributed by atoms with Gasteiger partial charge in [-0.1, -0.05) is 83.2 Å². The third-order valence-corrected chi connectivity index (χ3v) is 12.0. The molecule has 2 atom stereocenters. The van der Waals surface area contributed by atoms with Crippen LogP contribution >= 0.6 is 23.2 Å². The number of hydrogen-bond donors (Lipinski definition) is 0. The second kappa shape index (κ2) is 9.07. The van der Waals surface area contributed by atoms with Crippen molar-refractivity contribution in [1.82, 2.24) is 4.31 Å². The van der Waals surface area contributed by atoms with Gasteiger partial charge in [0.05, 0.1) is 4.90 Å². The highest BCUT2D eigenvalue weighted by molar-refractivity contribution is 7.89. The molecule has 7 rings (SSSR count). The Morgan fingerprint density at radius 3 is 1.90 bits per heavy atom. The molecule has 0 radical (unpaired) electrons. The number of piperidine rings is 1. The van der Waals surface area contributed by atoms with Crippen molar-refractivity contribution in [3.05, 3.63) is 122 Å². The Balaban J connectivity index is 1.43. The molecule has 3 nitrogen and oxygen atoms in total. The van der Waals surface area contributed by atoms with Crippen LogP contribution in [0.3, 0.4) is 0 Å². The van der Waals surface area contributed by atoms with Crippen LogP contribution in [0.5, 0.6) is 0 Å². The number of allylic oxidation sites excluding steroid dienone is 3. The minimum Gasteiger partial charge on any atom is -0.207 e. The summed E-state index contributed by atoms with van der Waals surface area (Å²) < 4.78 is 29.6. The molecule has 0 amide bonds. The topological polar surface area (TPSA) is 37.4 Å². The van der Waals surface area contributed by atoms with E-state index in [2.05, 4.69) is 30.3 Å². The standard InChI is InChI=1S/C33H31Cl2NO2S/c1-22-7-17-29(18-8-22)39(37,38)36-20-26-19-30(23-5-3-2-4-6-23)33(26)31(21-36)32(33,24-9-13-27(34)14-10-24)25-11-15-28(35)16-12-25/h7-19,31H,2-6,20-21H2,1H3. The Hall–Kier alpha value is -2.37. The van der Waals surface area contributed by atoms with Crippen LogP contribution in [-0.4, -0.2) is 25.8 Å². The molecule has 0 N–H and O–H groups in total. The van der Waals surface area contributed by atoms with E-state index in [-0.39, 0.29) is 16.7 Å². The lowest BCUT2D eigenvalue weighted by Gasteiger charge is -2.43. The highest BCUT2D eigenvalue weighted by Crippen LogP contribution is 2.84. The van der Waals surface area contributed by atoms with Crippen LogP contribution in [0, 0.1) is 18.3 Å². The lowest BCUT2D eigenvalue weighted by molar-refractivity contribution is 0.338. The Morgan fingerprint density at radius 2 is 1.33 bits per heavy atom. The molecule has 0 aromatic heterocycles. The Morgan fingerprint density at radius 1 is 0.769 bits per heavy atom. The third-order valence-electron chi connectivity index (χ3n) is 9.66. The molecule has 0 bridgehead atoms. The molecule has 6 heteroatoms. The van der Waals surface area contributed by atoms with E-state index in [1.54, 1.807) is 22.0 Å². The summed E-state index contributed by atoms with van der Waals surface area (Å²) in [6, 6.07) is 23.6. The van der Waals surface area contributed by atoms with E-state index in [0.29, 0.717) is 28.0 Å². The van der Waals surface area contributed by atoms with Gasteiger partial charge in [-0.25, -0.2) is 8.42 Å². The number of sulfonamides is 1. The average Bonchev–Trinajstić information content (AvgIpc) is 3.59. The average molecular weight is 577 g/mol. The molecule has 3 aromatic carbocycles. The van der Waals surface area contributed by atoms with Crippen LogP contribution in [0.1, 0.15) is 48.8 Å². The normalized spacial score (nSPS) is 25.8. The zero-order chi connectivity index (χ0) is 27.0. The maximum atomic E-state index is 13.9. The fraction of sp³-hybridized carbons (Fsp3) is 0.333. The second-order valence-electron chi connectivity index (χ2n) is 11.5. The SMILES string of the molecule is Cc1ccc(S(=O)(=O)N2CC3=CC(=C4CCCCC4)C34C(C2)C4(c2ccc(Cl)cc2)c2ccc(Cl)cc2)cc1. The van der Waals surface area contributed by atoms with Gasteiger partial charge >= 0.3 is 0 Å². The van der Waals surface area contributed by atoms with Gasteiger partial charge in [0.25, 0.3) is 0 Å². The van der Waals surface area contributed by atoms with E-state index in [0.717, 1.165) is 18.4 Å². The van der Waals surface area contributed by atoms with Gasteiger partial charge in [0.2, 0.25) is 10.0 Å². The summed E-state index contributed by atoms with van der Waals surface area (Å²) in [4.78, 5) is 0.357. The molecule has 2 unspecified atom stereocenters. The molecule has 2 saturated carbocycles. The summed E-state index contributed by atoms with van der Waals surface area (Å²) in [5.41, 5.74) is 7.11. The first-order chi connectivity index (χ1) is 18.8. The Labute approximate surface area is 241 Å². The van der Waals surface area contributed by atoms with Crippen molar-refractivity contribution < 1.29 is 8.42 Å². The largest absolute Gasteiger partial charge is 0.243 e. The molecule has 3 aliphatic carbocycles. The second-order valence-corrected chi connectivity index (χ2v) is 14.4. The van der Waals surface area contributed by atoms with Gasteiger partial charge in [0.1, 0.15) is 0 Å². The molecular formula is C33H31Cl2NO2S. The first-order valence-electron chi connectivity index (χ1n) is 13.8. The molecule has 1 heterocycles. The molecular weight excluding hydrogens is 545 g/mol. The van der Waals surface area contributed by atoms with E-state index >= 15 is 0 Å². The number of nitrogens with zero attached hydrogens (tertiary/aromatic N) is 1. The van der Waals surface area contributed by atoms with E-state index in [4.69, 9.17) is 23.2 Å². The molecule has 1 spiro atoms. The van der Waals surface area contributed by atoms with Crippen molar-refractivity contribution in [2.45, 2.75) is 49.3 Å². The predicted octanol–water partition coefficient (Wildman–Crippen LogP) is 8.11. The minimum atomic E-state index is -3.65. The zero-order valence-corrected chi connectivity index (χ0v) is 24.3. The summed E-state index contributed by atoms with van der Waals surface area (Å²) >= 11 is 12.7. The summed E-state index contributed by atoms with van der Waals surface area (Å²) in [6.45, 7) is 2.86. The lowest BCUT2D eigenvalue weighted by atomic mass is 9.63. The number of benzene rings is 3. The third kappa shape index (κ3) is 3.54. The monoisotopic (exact) mass is 575 g/mol. The van der Waals surface area contributed by atoms with Crippen LogP contribution in [-0.2, 0) is 15.4 Å². The molecule has 1 aliphatic heterocycles. The first-order valence-corrected chi connectivity index (χ1v) is 16.0. The maximum absolute atomic E-state index is 13.9. The quantitative estimate of drug-likeness (QED) is 0.315. The fourth-order valence-corrected chi connectivity index (χ4v) is 9.63. The highest BCUT2D eigenvalue weighted by atomic mass is 35.5. The summed E-state index contributed by atoms with van der Waals surface area (Å²) in [6.07, 6.45) is 8.34. The van der Waals surface area contributed by atoms with Crippen LogP contribution in [0.2, 0.25) is 10.0 Å². The van der Waals surface area contributed by atoms with Crippen molar-refractivity contribution in [3.63, 3.8) is 0 Å². The molecule has 39 heavy (non-hydrogen) atoms. The smallest absolute Gasteiger partial charge is 0.207 e. The van der Waals surface area contributed by atoms with E-state index < -0.39 is 10.0 Å². The number of halogens is 2. The highest BCUT2D eigenvalue weighted by Gasteiger charge is 2.84. The number of rotatable bonds is 4. The maximum Gasteiger partial charge on any atom is 0.243 e. The van der Waals surface area contributed by atoms with Crippen molar-refractivity contribution in [2.24, 2.45) is 11.3 Å². The van der Waals surface area contributed by atoms with Crippen LogP contribution < -0.4 is 0 Å². The molecule has 3 aromatic rings. The molecule has 4 aliphatic rings. The number of aryl methyl sites for hydroxylation is 1. The van der Waals surface area contributed by atoms with Crippen molar-refractivity contribution in [3.8, 4) is 0 Å². The molecule has 3 fully saturated rings. The minimum absolute atomic E-state index is 0.0887.